The highest BCUT2D eigenvalue weighted by atomic mass is 19.1. The quantitative estimate of drug-likeness (QED) is 0.784. The molecule has 19 heavy (non-hydrogen) atoms. The van der Waals surface area contributed by atoms with Crippen molar-refractivity contribution in [3.05, 3.63) is 35.9 Å². The van der Waals surface area contributed by atoms with Crippen LogP contribution in [0.15, 0.2) is 30.3 Å². The number of esters is 1. The maximum atomic E-state index is 13.3. The summed E-state index contributed by atoms with van der Waals surface area (Å²) in [6.07, 6.45) is 1.95. The zero-order valence-electron chi connectivity index (χ0n) is 10.8. The van der Waals surface area contributed by atoms with Gasteiger partial charge in [0.1, 0.15) is 12.8 Å². The molecule has 1 aromatic carbocycles. The van der Waals surface area contributed by atoms with Crippen molar-refractivity contribution in [2.75, 3.05) is 13.2 Å². The summed E-state index contributed by atoms with van der Waals surface area (Å²) in [5.41, 5.74) is 0.571. The number of carbonyl (C=O) groups excluding carboxylic acids is 1. The predicted octanol–water partition coefficient (Wildman–Crippen LogP) is 2.42. The van der Waals surface area contributed by atoms with Crippen LogP contribution in [0.3, 0.4) is 0 Å². The van der Waals surface area contributed by atoms with E-state index in [1.54, 1.807) is 12.1 Å². The molecular formula is C15H18FNO2. The Balaban J connectivity index is 1.54. The summed E-state index contributed by atoms with van der Waals surface area (Å²) >= 11 is 0. The van der Waals surface area contributed by atoms with Crippen LogP contribution >= 0.6 is 0 Å². The van der Waals surface area contributed by atoms with E-state index in [-0.39, 0.29) is 12.0 Å². The van der Waals surface area contributed by atoms with Crippen LogP contribution in [0.2, 0.25) is 0 Å². The van der Waals surface area contributed by atoms with Crippen molar-refractivity contribution in [2.45, 2.75) is 37.5 Å². The molecule has 2 unspecified atom stereocenters. The lowest BCUT2D eigenvalue weighted by Crippen LogP contribution is -2.35. The molecule has 2 fully saturated rings. The molecule has 4 heteroatoms. The number of hydrogen-bond donors (Lipinski definition) is 0. The van der Waals surface area contributed by atoms with Crippen molar-refractivity contribution in [1.82, 2.24) is 4.90 Å². The topological polar surface area (TPSA) is 29.5 Å². The van der Waals surface area contributed by atoms with Gasteiger partial charge in [-0.25, -0.2) is 9.18 Å². The van der Waals surface area contributed by atoms with Crippen LogP contribution in [-0.4, -0.2) is 42.3 Å². The number of rotatable bonds is 3. The van der Waals surface area contributed by atoms with Gasteiger partial charge < -0.3 is 4.74 Å². The lowest BCUT2D eigenvalue weighted by molar-refractivity contribution is 0.0389. The number of fused-ring (bicyclic) bond motifs is 1. The van der Waals surface area contributed by atoms with E-state index in [0.717, 1.165) is 12.8 Å². The van der Waals surface area contributed by atoms with Crippen molar-refractivity contribution in [3.8, 4) is 0 Å². The van der Waals surface area contributed by atoms with Gasteiger partial charge in [0.15, 0.2) is 0 Å². The van der Waals surface area contributed by atoms with E-state index in [1.165, 1.54) is 0 Å². The van der Waals surface area contributed by atoms with E-state index in [9.17, 15) is 9.18 Å². The Morgan fingerprint density at radius 2 is 2.11 bits per heavy atom. The number of carbonyl (C=O) groups is 1. The summed E-state index contributed by atoms with van der Waals surface area (Å²) in [4.78, 5) is 14.0. The van der Waals surface area contributed by atoms with E-state index in [1.807, 2.05) is 18.2 Å². The average Bonchev–Trinajstić information content (AvgIpc) is 2.96. The van der Waals surface area contributed by atoms with E-state index in [4.69, 9.17) is 4.74 Å². The normalized spacial score (nSPS) is 30.3. The standard InChI is InChI=1S/C15H18FNO2/c16-12-8-13-6-7-14(17(13)9-12)10-19-15(18)11-4-2-1-3-5-11/h1-5,12-14H,6-10H2/t12-,13?,14?/m1/s1. The first-order chi connectivity index (χ1) is 9.24. The second kappa shape index (κ2) is 5.29. The lowest BCUT2D eigenvalue weighted by Gasteiger charge is -2.23. The highest BCUT2D eigenvalue weighted by Crippen LogP contribution is 2.33. The van der Waals surface area contributed by atoms with Gasteiger partial charge in [0, 0.05) is 18.6 Å². The number of halogens is 1. The molecular weight excluding hydrogens is 245 g/mol. The Kier molecular flexibility index (Phi) is 3.51. The van der Waals surface area contributed by atoms with Gasteiger partial charge in [0.2, 0.25) is 0 Å². The zero-order chi connectivity index (χ0) is 13.2. The molecule has 0 saturated carbocycles. The Hall–Kier alpha value is -1.42. The van der Waals surface area contributed by atoms with Gasteiger partial charge in [-0.05, 0) is 31.4 Å². The minimum atomic E-state index is -0.711. The van der Waals surface area contributed by atoms with Gasteiger partial charge in [-0.1, -0.05) is 18.2 Å². The third-order valence-electron chi connectivity index (χ3n) is 4.12. The number of ether oxygens (including phenoxy) is 1. The number of nitrogens with zero attached hydrogens (tertiary/aromatic N) is 1. The third-order valence-corrected chi connectivity index (χ3v) is 4.12. The molecule has 2 heterocycles. The molecule has 1 aromatic rings. The van der Waals surface area contributed by atoms with Crippen molar-refractivity contribution < 1.29 is 13.9 Å². The van der Waals surface area contributed by atoms with Crippen LogP contribution in [0.5, 0.6) is 0 Å². The second-order valence-electron chi connectivity index (χ2n) is 5.38. The van der Waals surface area contributed by atoms with Gasteiger partial charge >= 0.3 is 5.97 Å². The first-order valence-electron chi connectivity index (χ1n) is 6.86. The first kappa shape index (κ1) is 12.6. The fourth-order valence-corrected chi connectivity index (χ4v) is 3.17. The van der Waals surface area contributed by atoms with Crippen LogP contribution in [0.25, 0.3) is 0 Å². The van der Waals surface area contributed by atoms with Gasteiger partial charge in [0.05, 0.1) is 5.56 Å². The molecule has 0 aromatic heterocycles. The fourth-order valence-electron chi connectivity index (χ4n) is 3.17. The van der Waals surface area contributed by atoms with Crippen LogP contribution in [0.4, 0.5) is 4.39 Å². The Labute approximate surface area is 112 Å². The summed E-state index contributed by atoms with van der Waals surface area (Å²) < 4.78 is 18.7. The van der Waals surface area contributed by atoms with Crippen molar-refractivity contribution in [3.63, 3.8) is 0 Å². The highest BCUT2D eigenvalue weighted by Gasteiger charge is 2.41. The molecule has 3 atom stereocenters. The SMILES string of the molecule is O=C(OCC1CCC2C[C@@H](F)CN12)c1ccccc1. The summed E-state index contributed by atoms with van der Waals surface area (Å²) in [5, 5.41) is 0. The molecule has 3 nitrogen and oxygen atoms in total. The first-order valence-corrected chi connectivity index (χ1v) is 6.86. The van der Waals surface area contributed by atoms with Crippen LogP contribution in [0.1, 0.15) is 29.6 Å². The monoisotopic (exact) mass is 263 g/mol. The fraction of sp³-hybridized carbons (Fsp3) is 0.533. The van der Waals surface area contributed by atoms with Crippen molar-refractivity contribution in [2.24, 2.45) is 0 Å². The highest BCUT2D eigenvalue weighted by molar-refractivity contribution is 5.89. The Morgan fingerprint density at radius 1 is 1.32 bits per heavy atom. The van der Waals surface area contributed by atoms with Crippen molar-refractivity contribution in [1.29, 1.82) is 0 Å². The molecule has 3 rings (SSSR count). The molecule has 2 saturated heterocycles. The molecule has 2 aliphatic rings. The Morgan fingerprint density at radius 3 is 2.89 bits per heavy atom. The molecule has 0 amide bonds. The molecule has 102 valence electrons. The van der Waals surface area contributed by atoms with Gasteiger partial charge in [0.25, 0.3) is 0 Å². The minimum Gasteiger partial charge on any atom is -0.460 e. The van der Waals surface area contributed by atoms with Crippen LogP contribution in [0, 0.1) is 0 Å². The van der Waals surface area contributed by atoms with Gasteiger partial charge in [-0.15, -0.1) is 0 Å². The van der Waals surface area contributed by atoms with Crippen LogP contribution < -0.4 is 0 Å². The van der Waals surface area contributed by atoms with E-state index >= 15 is 0 Å². The second-order valence-corrected chi connectivity index (χ2v) is 5.38. The lowest BCUT2D eigenvalue weighted by atomic mass is 10.1. The summed E-state index contributed by atoms with van der Waals surface area (Å²) in [6.45, 7) is 0.870. The Bertz CT molecular complexity index is 451. The number of benzene rings is 1. The zero-order valence-corrected chi connectivity index (χ0v) is 10.8. The summed E-state index contributed by atoms with van der Waals surface area (Å²) in [6, 6.07) is 9.53. The molecule has 0 spiro atoms. The predicted molar refractivity (Wildman–Crippen MR) is 69.8 cm³/mol. The maximum absolute atomic E-state index is 13.3. The van der Waals surface area contributed by atoms with Crippen molar-refractivity contribution >= 4 is 5.97 Å². The van der Waals surface area contributed by atoms with Gasteiger partial charge in [-0.3, -0.25) is 4.90 Å². The van der Waals surface area contributed by atoms with E-state index < -0.39 is 6.17 Å². The van der Waals surface area contributed by atoms with Gasteiger partial charge in [-0.2, -0.15) is 0 Å². The number of alkyl halides is 1. The summed E-state index contributed by atoms with van der Waals surface area (Å²) in [7, 11) is 0. The molecule has 0 aliphatic carbocycles. The molecule has 0 radical (unpaired) electrons. The molecule has 2 aliphatic heterocycles. The van der Waals surface area contributed by atoms with E-state index in [0.29, 0.717) is 31.2 Å². The maximum Gasteiger partial charge on any atom is 0.338 e. The van der Waals surface area contributed by atoms with Crippen LogP contribution in [-0.2, 0) is 4.74 Å². The van der Waals surface area contributed by atoms with E-state index in [2.05, 4.69) is 4.90 Å². The smallest absolute Gasteiger partial charge is 0.338 e. The summed E-state index contributed by atoms with van der Waals surface area (Å²) in [5.74, 6) is -0.292. The average molecular weight is 263 g/mol. The minimum absolute atomic E-state index is 0.193. The number of hydrogen-bond acceptors (Lipinski definition) is 3. The molecule has 0 bridgehead atoms. The largest absolute Gasteiger partial charge is 0.460 e. The molecule has 0 N–H and O–H groups in total. The third kappa shape index (κ3) is 2.63.